The first-order chi connectivity index (χ1) is 13.0. The fraction of sp³-hybridized carbons (Fsp3) is 0.105. The normalized spacial score (nSPS) is 13.7. The van der Waals surface area contributed by atoms with E-state index in [0.29, 0.717) is 23.7 Å². The van der Waals surface area contributed by atoms with Crippen molar-refractivity contribution in [2.24, 2.45) is 0 Å². The summed E-state index contributed by atoms with van der Waals surface area (Å²) in [6.45, 7) is 0.298. The highest BCUT2D eigenvalue weighted by molar-refractivity contribution is 9.10. The van der Waals surface area contributed by atoms with Crippen LogP contribution in [0.4, 0.5) is 0 Å². The number of hydrogen-bond donors (Lipinski definition) is 2. The Morgan fingerprint density at radius 2 is 1.74 bits per heavy atom. The lowest BCUT2D eigenvalue weighted by molar-refractivity contribution is -0.123. The summed E-state index contributed by atoms with van der Waals surface area (Å²) in [6, 6.07) is 12.9. The van der Waals surface area contributed by atoms with Crippen molar-refractivity contribution in [1.82, 2.24) is 10.6 Å². The van der Waals surface area contributed by atoms with E-state index in [2.05, 4.69) is 26.6 Å². The molecule has 2 aromatic rings. The third-order valence-corrected chi connectivity index (χ3v) is 4.50. The largest absolute Gasteiger partial charge is 0.493 e. The first-order valence-electron chi connectivity index (χ1n) is 7.90. The molecule has 2 amide bonds. The van der Waals surface area contributed by atoms with Crippen LogP contribution in [-0.4, -0.2) is 24.0 Å². The minimum atomic E-state index is -0.564. The molecule has 0 saturated carbocycles. The van der Waals surface area contributed by atoms with E-state index < -0.39 is 11.8 Å². The fourth-order valence-electron chi connectivity index (χ4n) is 2.46. The average Bonchev–Trinajstić information content (AvgIpc) is 2.64. The first-order valence-corrected chi connectivity index (χ1v) is 9.10. The number of methoxy groups -OCH3 is 1. The molecule has 2 N–H and O–H groups in total. The maximum atomic E-state index is 12.1. The maximum absolute atomic E-state index is 12.1. The second-order valence-electron chi connectivity index (χ2n) is 5.59. The molecule has 0 radical (unpaired) electrons. The van der Waals surface area contributed by atoms with E-state index in [4.69, 9.17) is 21.7 Å². The summed E-state index contributed by atoms with van der Waals surface area (Å²) in [5, 5.41) is 4.80. The minimum Gasteiger partial charge on any atom is -0.493 e. The first kappa shape index (κ1) is 19.1. The zero-order chi connectivity index (χ0) is 19.4. The van der Waals surface area contributed by atoms with E-state index in [-0.39, 0.29) is 10.7 Å². The smallest absolute Gasteiger partial charge is 0.263 e. The van der Waals surface area contributed by atoms with Gasteiger partial charge >= 0.3 is 0 Å². The van der Waals surface area contributed by atoms with Crippen LogP contribution in [0.15, 0.2) is 52.5 Å². The van der Waals surface area contributed by atoms with Crippen LogP contribution in [-0.2, 0) is 16.2 Å². The third kappa shape index (κ3) is 4.53. The van der Waals surface area contributed by atoms with E-state index in [0.717, 1.165) is 10.0 Å². The van der Waals surface area contributed by atoms with Crippen LogP contribution in [0, 0.1) is 0 Å². The number of nitrogens with one attached hydrogen (secondary N) is 2. The molecular formula is C19H15BrN2O4S. The zero-order valence-electron chi connectivity index (χ0n) is 14.2. The molecule has 0 aromatic heterocycles. The number of hydrogen-bond acceptors (Lipinski definition) is 5. The Morgan fingerprint density at radius 3 is 2.37 bits per heavy atom. The molecule has 8 heteroatoms. The molecule has 0 unspecified atom stereocenters. The van der Waals surface area contributed by atoms with Crippen molar-refractivity contribution in [1.29, 1.82) is 0 Å². The van der Waals surface area contributed by atoms with E-state index in [1.165, 1.54) is 13.2 Å². The molecule has 0 bridgehead atoms. The molecule has 1 fully saturated rings. The van der Waals surface area contributed by atoms with Crippen molar-refractivity contribution in [2.45, 2.75) is 6.61 Å². The highest BCUT2D eigenvalue weighted by Gasteiger charge is 2.26. The lowest BCUT2D eigenvalue weighted by atomic mass is 10.1. The van der Waals surface area contributed by atoms with Crippen LogP contribution in [0.1, 0.15) is 11.1 Å². The van der Waals surface area contributed by atoms with Crippen molar-refractivity contribution in [3.05, 3.63) is 63.6 Å². The molecule has 0 aliphatic carbocycles. The molecule has 1 aliphatic rings. The summed E-state index contributed by atoms with van der Waals surface area (Å²) < 4.78 is 12.3. The maximum Gasteiger partial charge on any atom is 0.263 e. The van der Waals surface area contributed by atoms with Gasteiger partial charge in [0.05, 0.1) is 7.11 Å². The summed E-state index contributed by atoms with van der Waals surface area (Å²) in [5.41, 5.74) is 1.44. The zero-order valence-corrected chi connectivity index (χ0v) is 16.6. The topological polar surface area (TPSA) is 76.7 Å². The standard InChI is InChI=1S/C19H15BrN2O4S/c1-25-15-4-2-3-12(9-14-17(23)21-19(27)22-18(14)24)16(15)26-10-11-5-7-13(20)8-6-11/h2-9H,10H2,1H3,(H2,21,22,23,24,27). The SMILES string of the molecule is COc1cccc(C=C2C(=O)NC(=S)NC2=O)c1OCc1ccc(Br)cc1. The second-order valence-corrected chi connectivity index (χ2v) is 6.91. The quantitative estimate of drug-likeness (QED) is 0.419. The van der Waals surface area contributed by atoms with Gasteiger partial charge in [0.25, 0.3) is 11.8 Å². The molecule has 1 aliphatic heterocycles. The van der Waals surface area contributed by atoms with Gasteiger partial charge in [-0.15, -0.1) is 0 Å². The molecule has 0 spiro atoms. The Labute approximate surface area is 169 Å². The van der Waals surface area contributed by atoms with Crippen LogP contribution in [0.2, 0.25) is 0 Å². The van der Waals surface area contributed by atoms with Gasteiger partial charge in [0, 0.05) is 10.0 Å². The fourth-order valence-corrected chi connectivity index (χ4v) is 2.91. The Balaban J connectivity index is 1.92. The number of thiocarbonyl (C=S) groups is 1. The van der Waals surface area contributed by atoms with Crippen molar-refractivity contribution in [2.75, 3.05) is 7.11 Å². The van der Waals surface area contributed by atoms with Gasteiger partial charge in [-0.25, -0.2) is 0 Å². The third-order valence-electron chi connectivity index (χ3n) is 3.77. The van der Waals surface area contributed by atoms with E-state index in [1.54, 1.807) is 18.2 Å². The number of halogens is 1. The van der Waals surface area contributed by atoms with Gasteiger partial charge < -0.3 is 9.47 Å². The lowest BCUT2D eigenvalue weighted by Crippen LogP contribution is -2.51. The number of amides is 2. The molecule has 1 saturated heterocycles. The molecule has 27 heavy (non-hydrogen) atoms. The number of para-hydroxylation sites is 1. The van der Waals surface area contributed by atoms with Crippen LogP contribution >= 0.6 is 28.1 Å². The lowest BCUT2D eigenvalue weighted by Gasteiger charge is -2.18. The predicted octanol–water partition coefficient (Wildman–Crippen LogP) is 2.95. The molecule has 3 rings (SSSR count). The minimum absolute atomic E-state index is 0.0143. The van der Waals surface area contributed by atoms with Crippen molar-refractivity contribution in [3.8, 4) is 11.5 Å². The summed E-state index contributed by atoms with van der Waals surface area (Å²) in [5.74, 6) is -0.200. The van der Waals surface area contributed by atoms with Gasteiger partial charge in [-0.1, -0.05) is 40.2 Å². The van der Waals surface area contributed by atoms with Gasteiger partial charge in [0.1, 0.15) is 12.2 Å². The van der Waals surface area contributed by atoms with E-state index >= 15 is 0 Å². The van der Waals surface area contributed by atoms with Crippen molar-refractivity contribution < 1.29 is 19.1 Å². The summed E-state index contributed by atoms with van der Waals surface area (Å²) in [7, 11) is 1.53. The Morgan fingerprint density at radius 1 is 1.07 bits per heavy atom. The number of carbonyl (C=O) groups is 2. The van der Waals surface area contributed by atoms with Crippen LogP contribution < -0.4 is 20.1 Å². The Kier molecular flexibility index (Phi) is 5.88. The number of carbonyl (C=O) groups excluding carboxylic acids is 2. The van der Waals surface area contributed by atoms with Gasteiger partial charge in [-0.05, 0) is 42.1 Å². The molecule has 2 aromatic carbocycles. The predicted molar refractivity (Wildman–Crippen MR) is 108 cm³/mol. The Hall–Kier alpha value is -2.71. The number of rotatable bonds is 5. The molecule has 0 atom stereocenters. The molecular weight excluding hydrogens is 432 g/mol. The Bertz CT molecular complexity index is 919. The molecule has 138 valence electrons. The second kappa shape index (κ2) is 8.32. The number of benzene rings is 2. The molecule has 6 nitrogen and oxygen atoms in total. The highest BCUT2D eigenvalue weighted by Crippen LogP contribution is 2.33. The van der Waals surface area contributed by atoms with Gasteiger partial charge in [-0.2, -0.15) is 0 Å². The monoisotopic (exact) mass is 446 g/mol. The van der Waals surface area contributed by atoms with Gasteiger partial charge in [0.15, 0.2) is 16.6 Å². The average molecular weight is 447 g/mol. The van der Waals surface area contributed by atoms with Gasteiger partial charge in [0.2, 0.25) is 0 Å². The van der Waals surface area contributed by atoms with E-state index in [1.807, 2.05) is 24.3 Å². The van der Waals surface area contributed by atoms with Gasteiger partial charge in [-0.3, -0.25) is 20.2 Å². The van der Waals surface area contributed by atoms with Crippen LogP contribution in [0.3, 0.4) is 0 Å². The highest BCUT2D eigenvalue weighted by atomic mass is 79.9. The summed E-state index contributed by atoms with van der Waals surface area (Å²) in [6.07, 6.45) is 1.45. The number of ether oxygens (including phenoxy) is 2. The van der Waals surface area contributed by atoms with Crippen LogP contribution in [0.5, 0.6) is 11.5 Å². The van der Waals surface area contributed by atoms with Crippen molar-refractivity contribution in [3.63, 3.8) is 0 Å². The van der Waals surface area contributed by atoms with E-state index in [9.17, 15) is 9.59 Å². The summed E-state index contributed by atoms with van der Waals surface area (Å²) in [4.78, 5) is 24.2. The molecule has 1 heterocycles. The van der Waals surface area contributed by atoms with Crippen LogP contribution in [0.25, 0.3) is 6.08 Å². The van der Waals surface area contributed by atoms with Crippen molar-refractivity contribution >= 4 is 51.2 Å². The summed E-state index contributed by atoms with van der Waals surface area (Å²) >= 11 is 8.20.